The summed E-state index contributed by atoms with van der Waals surface area (Å²) in [7, 11) is -1.39. The molecule has 0 spiro atoms. The standard InChI is InChI=1S/C23H22BrN3O7S/c1-15-4-6-16(7-5-15)26(35(31,32)18-9-11-21(33-2)19(24)13-18)14-23(28)25-20-12-17(27(29)30)8-10-22(20)34-3/h4-13H,14H2,1-3H3,(H,25,28). The lowest BCUT2D eigenvalue weighted by molar-refractivity contribution is -0.384. The first-order chi connectivity index (χ1) is 16.6. The number of carbonyl (C=O) groups is 1. The highest BCUT2D eigenvalue weighted by molar-refractivity contribution is 9.10. The van der Waals surface area contributed by atoms with E-state index >= 15 is 0 Å². The predicted molar refractivity (Wildman–Crippen MR) is 135 cm³/mol. The molecular formula is C23H22BrN3O7S. The number of nitrogens with zero attached hydrogens (tertiary/aromatic N) is 2. The van der Waals surface area contributed by atoms with Crippen LogP contribution in [0.1, 0.15) is 5.56 Å². The quantitative estimate of drug-likeness (QED) is 0.299. The number of hydrogen-bond donors (Lipinski definition) is 1. The smallest absolute Gasteiger partial charge is 0.271 e. The van der Waals surface area contributed by atoms with Crippen LogP contribution >= 0.6 is 15.9 Å². The second kappa shape index (κ2) is 10.7. The summed E-state index contributed by atoms with van der Waals surface area (Å²) in [6.45, 7) is 1.26. The highest BCUT2D eigenvalue weighted by Gasteiger charge is 2.28. The number of sulfonamides is 1. The van der Waals surface area contributed by atoms with E-state index in [4.69, 9.17) is 9.47 Å². The number of non-ortho nitro benzene ring substituents is 1. The zero-order chi connectivity index (χ0) is 25.8. The van der Waals surface area contributed by atoms with Crippen LogP contribution < -0.4 is 19.1 Å². The monoisotopic (exact) mass is 563 g/mol. The lowest BCUT2D eigenvalue weighted by atomic mass is 10.2. The van der Waals surface area contributed by atoms with Gasteiger partial charge < -0.3 is 14.8 Å². The van der Waals surface area contributed by atoms with Gasteiger partial charge in [0.1, 0.15) is 18.0 Å². The van der Waals surface area contributed by atoms with E-state index in [1.807, 2.05) is 6.92 Å². The molecule has 184 valence electrons. The number of ether oxygens (including phenoxy) is 2. The molecule has 0 aliphatic carbocycles. The Morgan fingerprint density at radius 3 is 2.23 bits per heavy atom. The number of halogens is 1. The Kier molecular flexibility index (Phi) is 7.97. The van der Waals surface area contributed by atoms with Crippen LogP contribution in [0.4, 0.5) is 17.1 Å². The first-order valence-electron chi connectivity index (χ1n) is 10.1. The van der Waals surface area contributed by atoms with Crippen LogP contribution in [0.2, 0.25) is 0 Å². The molecule has 0 bridgehead atoms. The lowest BCUT2D eigenvalue weighted by Crippen LogP contribution is -2.38. The number of rotatable bonds is 9. The number of methoxy groups -OCH3 is 2. The fraction of sp³-hybridized carbons (Fsp3) is 0.174. The van der Waals surface area contributed by atoms with Gasteiger partial charge in [0.2, 0.25) is 5.91 Å². The highest BCUT2D eigenvalue weighted by atomic mass is 79.9. The van der Waals surface area contributed by atoms with E-state index in [1.165, 1.54) is 44.6 Å². The third-order valence-electron chi connectivity index (χ3n) is 4.99. The minimum Gasteiger partial charge on any atom is -0.496 e. The fourth-order valence-electron chi connectivity index (χ4n) is 3.19. The van der Waals surface area contributed by atoms with E-state index < -0.39 is 27.4 Å². The number of nitrogens with one attached hydrogen (secondary N) is 1. The average molecular weight is 564 g/mol. The summed E-state index contributed by atoms with van der Waals surface area (Å²) >= 11 is 3.29. The van der Waals surface area contributed by atoms with Crippen LogP contribution in [0.3, 0.4) is 0 Å². The van der Waals surface area contributed by atoms with Gasteiger partial charge in [-0.3, -0.25) is 19.2 Å². The molecule has 10 nitrogen and oxygen atoms in total. The Hall–Kier alpha value is -3.64. The van der Waals surface area contributed by atoms with Crippen LogP contribution in [0, 0.1) is 17.0 Å². The lowest BCUT2D eigenvalue weighted by Gasteiger charge is -2.24. The molecular weight excluding hydrogens is 542 g/mol. The summed E-state index contributed by atoms with van der Waals surface area (Å²) in [4.78, 5) is 23.5. The molecule has 1 N–H and O–H groups in total. The highest BCUT2D eigenvalue weighted by Crippen LogP contribution is 2.32. The van der Waals surface area contributed by atoms with Crippen molar-refractivity contribution >= 4 is 48.9 Å². The molecule has 1 amide bonds. The van der Waals surface area contributed by atoms with Crippen molar-refractivity contribution in [2.45, 2.75) is 11.8 Å². The third-order valence-corrected chi connectivity index (χ3v) is 7.38. The van der Waals surface area contributed by atoms with E-state index in [0.717, 1.165) is 15.9 Å². The first kappa shape index (κ1) is 26.0. The van der Waals surface area contributed by atoms with Gasteiger partial charge >= 0.3 is 0 Å². The van der Waals surface area contributed by atoms with Crippen molar-refractivity contribution < 1.29 is 27.6 Å². The Morgan fingerprint density at radius 1 is 1.03 bits per heavy atom. The number of nitro groups is 1. The number of carbonyl (C=O) groups excluding carboxylic acids is 1. The summed E-state index contributed by atoms with van der Waals surface area (Å²) < 4.78 is 38.9. The summed E-state index contributed by atoms with van der Waals surface area (Å²) in [5.74, 6) is -0.0883. The summed E-state index contributed by atoms with van der Waals surface area (Å²) in [6, 6.07) is 14.6. The summed E-state index contributed by atoms with van der Waals surface area (Å²) in [5, 5.41) is 13.7. The van der Waals surface area contributed by atoms with Crippen molar-refractivity contribution in [3.63, 3.8) is 0 Å². The maximum Gasteiger partial charge on any atom is 0.271 e. The number of amides is 1. The van der Waals surface area contributed by atoms with Gasteiger partial charge in [-0.05, 0) is 59.3 Å². The van der Waals surface area contributed by atoms with E-state index in [2.05, 4.69) is 21.2 Å². The van der Waals surface area contributed by atoms with Crippen molar-refractivity contribution in [3.05, 3.63) is 80.8 Å². The molecule has 0 heterocycles. The van der Waals surface area contributed by atoms with Crippen molar-refractivity contribution in [3.8, 4) is 11.5 Å². The number of hydrogen-bond acceptors (Lipinski definition) is 7. The van der Waals surface area contributed by atoms with E-state index in [1.54, 1.807) is 24.3 Å². The van der Waals surface area contributed by atoms with Gasteiger partial charge in [-0.1, -0.05) is 17.7 Å². The Labute approximate surface area is 210 Å². The van der Waals surface area contributed by atoms with Crippen molar-refractivity contribution in [2.75, 3.05) is 30.4 Å². The van der Waals surface area contributed by atoms with E-state index in [9.17, 15) is 23.3 Å². The zero-order valence-corrected chi connectivity index (χ0v) is 21.4. The number of nitro benzene ring substituents is 1. The zero-order valence-electron chi connectivity index (χ0n) is 19.0. The Bertz CT molecular complexity index is 1360. The molecule has 0 aliphatic rings. The van der Waals surface area contributed by atoms with Gasteiger partial charge in [-0.25, -0.2) is 8.42 Å². The summed E-state index contributed by atoms with van der Waals surface area (Å²) in [6.07, 6.45) is 0. The van der Waals surface area contributed by atoms with Crippen LogP contribution in [-0.2, 0) is 14.8 Å². The van der Waals surface area contributed by atoms with E-state index in [-0.39, 0.29) is 27.7 Å². The summed E-state index contributed by atoms with van der Waals surface area (Å²) in [5.41, 5.74) is 0.958. The first-order valence-corrected chi connectivity index (χ1v) is 12.4. The normalized spacial score (nSPS) is 11.0. The van der Waals surface area contributed by atoms with Gasteiger partial charge in [0, 0.05) is 12.1 Å². The molecule has 3 aromatic rings. The van der Waals surface area contributed by atoms with Crippen molar-refractivity contribution in [1.82, 2.24) is 0 Å². The molecule has 0 aromatic heterocycles. The molecule has 12 heteroatoms. The Balaban J connectivity index is 1.99. The molecule has 3 rings (SSSR count). The van der Waals surface area contributed by atoms with Gasteiger partial charge in [0.25, 0.3) is 15.7 Å². The topological polar surface area (TPSA) is 128 Å². The van der Waals surface area contributed by atoms with Gasteiger partial charge in [0.05, 0.1) is 39.9 Å². The minimum atomic E-state index is -4.19. The van der Waals surface area contributed by atoms with Crippen molar-refractivity contribution in [1.29, 1.82) is 0 Å². The van der Waals surface area contributed by atoms with Crippen molar-refractivity contribution in [2.24, 2.45) is 0 Å². The minimum absolute atomic E-state index is 0.0418. The molecule has 0 fully saturated rings. The molecule has 35 heavy (non-hydrogen) atoms. The second-order valence-corrected chi connectivity index (χ2v) is 10.1. The predicted octanol–water partition coefficient (Wildman–Crippen LogP) is 4.52. The number of benzene rings is 3. The largest absolute Gasteiger partial charge is 0.496 e. The van der Waals surface area contributed by atoms with Crippen LogP contribution in [0.25, 0.3) is 0 Å². The molecule has 0 aliphatic heterocycles. The molecule has 0 atom stereocenters. The van der Waals surface area contributed by atoms with Gasteiger partial charge in [-0.15, -0.1) is 0 Å². The maximum absolute atomic E-state index is 13.6. The number of anilines is 2. The second-order valence-electron chi connectivity index (χ2n) is 7.33. The van der Waals surface area contributed by atoms with Gasteiger partial charge in [-0.2, -0.15) is 0 Å². The molecule has 0 saturated carbocycles. The third kappa shape index (κ3) is 5.89. The molecule has 0 unspecified atom stereocenters. The molecule has 0 saturated heterocycles. The molecule has 0 radical (unpaired) electrons. The van der Waals surface area contributed by atoms with E-state index in [0.29, 0.717) is 10.2 Å². The molecule has 3 aromatic carbocycles. The average Bonchev–Trinajstić information content (AvgIpc) is 2.83. The fourth-order valence-corrected chi connectivity index (χ4v) is 5.33. The van der Waals surface area contributed by atoms with Gasteiger partial charge in [0.15, 0.2) is 0 Å². The Morgan fingerprint density at radius 2 is 1.66 bits per heavy atom. The van der Waals surface area contributed by atoms with Crippen LogP contribution in [0.5, 0.6) is 11.5 Å². The number of aryl methyl sites for hydroxylation is 1. The maximum atomic E-state index is 13.6. The van der Waals surface area contributed by atoms with Crippen LogP contribution in [-0.4, -0.2) is 40.0 Å². The van der Waals surface area contributed by atoms with Crippen LogP contribution in [0.15, 0.2) is 70.0 Å². The SMILES string of the molecule is COc1ccc(S(=O)(=O)N(CC(=O)Nc2cc([N+](=O)[O-])ccc2OC)c2ccc(C)cc2)cc1Br.